The van der Waals surface area contributed by atoms with Gasteiger partial charge in [0, 0.05) is 38.3 Å². The number of thiol groups is 1. The van der Waals surface area contributed by atoms with E-state index in [1.807, 2.05) is 48.5 Å². The van der Waals surface area contributed by atoms with E-state index in [1.165, 1.54) is 4.90 Å². The molecule has 0 radical (unpaired) electrons. The summed E-state index contributed by atoms with van der Waals surface area (Å²) in [6.07, 6.45) is 4.32. The normalized spacial score (nSPS) is 18.9. The molecule has 11 nitrogen and oxygen atoms in total. The van der Waals surface area contributed by atoms with Crippen molar-refractivity contribution in [3.63, 3.8) is 0 Å². The minimum absolute atomic E-state index is 0. The quantitative estimate of drug-likeness (QED) is 0.185. The van der Waals surface area contributed by atoms with Crippen LogP contribution in [-0.4, -0.2) is 113 Å². The topological polar surface area (TPSA) is 142 Å². The van der Waals surface area contributed by atoms with Crippen molar-refractivity contribution in [2.24, 2.45) is 11.7 Å². The van der Waals surface area contributed by atoms with Crippen molar-refractivity contribution in [1.82, 2.24) is 9.38 Å². The number of ether oxygens (including phenoxy) is 2. The smallest absolute Gasteiger partial charge is 0.414 e. The second-order valence-corrected chi connectivity index (χ2v) is 14.0. The first-order chi connectivity index (χ1) is 21.4. The molecule has 3 N–H and O–H groups in total. The number of aliphatic hydroxyl groups is 1. The first-order valence-corrected chi connectivity index (χ1v) is 16.2. The second-order valence-electron chi connectivity index (χ2n) is 13.7. The van der Waals surface area contributed by atoms with Crippen LogP contribution in [-0.2, 0) is 19.9 Å². The number of rotatable bonds is 8. The molecule has 1 saturated heterocycles. The molecule has 1 saturated carbocycles. The van der Waals surface area contributed by atoms with E-state index in [9.17, 15) is 24.6 Å². The van der Waals surface area contributed by atoms with Gasteiger partial charge in [-0.15, -0.1) is 0 Å². The number of carbonyl (C=O) groups is 3. The number of nitrogens with zero attached hydrogens (tertiary/aromatic N) is 3. The number of amides is 1. The Labute approximate surface area is 296 Å². The standard InChI is InChI=1S/C19H28NO3.C12H19N2O2.C3H7NO2S.BrH/c1-20(2)13-12-17(14-20)23-18(21)19(22,16-10-6-7-11-16)15-8-4-3-5-9-15;1-13(2)12(15)16-11-8-6-7-10(9-11)14(3,4)5;4-2(1-7)3(5)6;/h3-5,8-9,16-17,22H,6-7,10-14H2,1-2H3;6-9H,1-5H3;2,7H,1,4H2,(H,5,6);1H/q2*+1;;/p-2/t;;2-;/m..0./s1. The van der Waals surface area contributed by atoms with Crippen LogP contribution in [0.5, 0.6) is 5.75 Å². The molecule has 2 aliphatic rings. The van der Waals surface area contributed by atoms with Gasteiger partial charge in [-0.1, -0.05) is 49.2 Å². The molecular weight excluding hydrogens is 688 g/mol. The van der Waals surface area contributed by atoms with Crippen LogP contribution in [0.25, 0.3) is 0 Å². The summed E-state index contributed by atoms with van der Waals surface area (Å²) in [4.78, 5) is 35.4. The van der Waals surface area contributed by atoms with Gasteiger partial charge >= 0.3 is 12.1 Å². The maximum atomic E-state index is 12.9. The van der Waals surface area contributed by atoms with E-state index in [0.717, 1.165) is 55.4 Å². The molecule has 13 heteroatoms. The number of halogens is 1. The fraction of sp³-hybridized carbons (Fsp3) is 0.559. The number of benzene rings is 2. The first kappa shape index (κ1) is 42.3. The van der Waals surface area contributed by atoms with Crippen LogP contribution in [0.15, 0.2) is 54.6 Å². The van der Waals surface area contributed by atoms with Crippen molar-refractivity contribution in [2.45, 2.75) is 49.9 Å². The molecule has 1 heterocycles. The highest BCUT2D eigenvalue weighted by Crippen LogP contribution is 2.42. The first-order valence-electron chi connectivity index (χ1n) is 15.6. The van der Waals surface area contributed by atoms with Gasteiger partial charge in [0.05, 0.1) is 53.8 Å². The number of likely N-dealkylation sites (N-methyl/N-ethyl adjacent to an activating group) is 1. The molecule has 0 aromatic heterocycles. The molecule has 2 unspecified atom stereocenters. The van der Waals surface area contributed by atoms with E-state index >= 15 is 0 Å². The van der Waals surface area contributed by atoms with Crippen LogP contribution in [0.3, 0.4) is 0 Å². The Kier molecular flexibility index (Phi) is 16.9. The Bertz CT molecular complexity index is 1290. The number of likely N-dealkylation sites (tertiary alicyclic amines) is 1. The van der Waals surface area contributed by atoms with Crippen molar-refractivity contribution in [3.05, 3.63) is 60.2 Å². The van der Waals surface area contributed by atoms with Crippen molar-refractivity contribution in [3.8, 4) is 5.75 Å². The second kappa shape index (κ2) is 18.8. The van der Waals surface area contributed by atoms with Crippen molar-refractivity contribution < 1.29 is 55.5 Å². The van der Waals surface area contributed by atoms with Crippen LogP contribution in [0, 0.1) is 5.92 Å². The Morgan fingerprint density at radius 3 is 2.11 bits per heavy atom. The lowest BCUT2D eigenvalue weighted by molar-refractivity contribution is -0.879. The van der Waals surface area contributed by atoms with Gasteiger partial charge in [-0.25, -0.2) is 9.59 Å². The molecule has 47 heavy (non-hydrogen) atoms. The lowest BCUT2D eigenvalue weighted by Gasteiger charge is -2.33. The van der Waals surface area contributed by atoms with Gasteiger partial charge in [-0.3, -0.25) is 4.48 Å². The van der Waals surface area contributed by atoms with E-state index in [-0.39, 0.29) is 40.8 Å². The Balaban J connectivity index is 0.000000401. The van der Waals surface area contributed by atoms with Gasteiger partial charge in [0.25, 0.3) is 0 Å². The Morgan fingerprint density at radius 1 is 1.06 bits per heavy atom. The lowest BCUT2D eigenvalue weighted by Crippen LogP contribution is -3.00. The molecule has 0 bridgehead atoms. The van der Waals surface area contributed by atoms with Crippen LogP contribution < -0.4 is 37.0 Å². The fourth-order valence-electron chi connectivity index (χ4n) is 5.35. The summed E-state index contributed by atoms with van der Waals surface area (Å²) in [6.45, 7) is 1.83. The third kappa shape index (κ3) is 13.0. The van der Waals surface area contributed by atoms with Crippen molar-refractivity contribution in [2.75, 3.05) is 68.2 Å². The molecule has 2 aromatic carbocycles. The van der Waals surface area contributed by atoms with Crippen molar-refractivity contribution >= 4 is 36.3 Å². The predicted molar refractivity (Wildman–Crippen MR) is 181 cm³/mol. The van der Waals surface area contributed by atoms with E-state index in [2.05, 4.69) is 47.9 Å². The third-order valence-electron chi connectivity index (χ3n) is 8.16. The number of carboxylic acids is 1. The van der Waals surface area contributed by atoms with Gasteiger partial charge in [0.2, 0.25) is 0 Å². The number of quaternary nitrogens is 2. The van der Waals surface area contributed by atoms with E-state index < -0.39 is 23.6 Å². The summed E-state index contributed by atoms with van der Waals surface area (Å²) in [6, 6.07) is 16.0. The maximum absolute atomic E-state index is 12.9. The summed E-state index contributed by atoms with van der Waals surface area (Å²) >= 11 is 3.61. The summed E-state index contributed by atoms with van der Waals surface area (Å²) < 4.78 is 12.5. The summed E-state index contributed by atoms with van der Waals surface area (Å²) in [7, 11) is 13.8. The SMILES string of the molecule is CN(C)C(=O)Oc1cccc([N+](C)(C)C)c1.C[N+]1(C)CCC(OC(=O)C(O)(c2ccccc2)C2CCCC2)C1.N[C@@H](CS)C(=O)[O-].[Br-]. The molecular formula is C34H53BrN4O7S. The fourth-order valence-corrected chi connectivity index (χ4v) is 5.50. The molecule has 264 valence electrons. The molecule has 4 rings (SSSR count). The number of aliphatic carboxylic acids is 1. The van der Waals surface area contributed by atoms with Crippen LogP contribution in [0.1, 0.15) is 37.7 Å². The highest BCUT2D eigenvalue weighted by Gasteiger charge is 2.49. The van der Waals surface area contributed by atoms with Gasteiger partial charge in [-0.2, -0.15) is 12.6 Å². The van der Waals surface area contributed by atoms with Crippen LogP contribution in [0.2, 0.25) is 0 Å². The number of carboxylic acid groups (broad SMARTS) is 1. The molecule has 1 aliphatic heterocycles. The molecule has 1 aliphatic carbocycles. The zero-order chi connectivity index (χ0) is 34.7. The highest BCUT2D eigenvalue weighted by atomic mass is 79.9. The zero-order valence-electron chi connectivity index (χ0n) is 28.7. The highest BCUT2D eigenvalue weighted by molar-refractivity contribution is 7.80. The van der Waals surface area contributed by atoms with E-state index in [0.29, 0.717) is 15.8 Å². The van der Waals surface area contributed by atoms with Gasteiger partial charge in [0.15, 0.2) is 11.7 Å². The average Bonchev–Trinajstić information content (AvgIpc) is 3.67. The van der Waals surface area contributed by atoms with Crippen LogP contribution in [0.4, 0.5) is 10.5 Å². The van der Waals surface area contributed by atoms with Gasteiger partial charge in [-0.05, 0) is 30.5 Å². The van der Waals surface area contributed by atoms with Crippen LogP contribution >= 0.6 is 12.6 Å². The maximum Gasteiger partial charge on any atom is 0.414 e. The summed E-state index contributed by atoms with van der Waals surface area (Å²) in [5, 5.41) is 21.0. The van der Waals surface area contributed by atoms with Gasteiger partial charge < -0.3 is 56.6 Å². The predicted octanol–water partition coefficient (Wildman–Crippen LogP) is -0.603. The number of hydrogen-bond donors (Lipinski definition) is 3. The van der Waals surface area contributed by atoms with E-state index in [1.54, 1.807) is 20.2 Å². The number of nitrogens with two attached hydrogens (primary N) is 1. The molecule has 0 spiro atoms. The summed E-state index contributed by atoms with van der Waals surface area (Å²) in [5.41, 5.74) is 5.13. The Hall–Kier alpha value is -2.68. The number of carbonyl (C=O) groups excluding carboxylic acids is 3. The minimum atomic E-state index is -1.50. The molecule has 2 fully saturated rings. The van der Waals surface area contributed by atoms with E-state index in [4.69, 9.17) is 15.2 Å². The number of hydrogen-bond acceptors (Lipinski definition) is 9. The lowest BCUT2D eigenvalue weighted by atomic mass is 9.80. The molecule has 1 amide bonds. The summed E-state index contributed by atoms with van der Waals surface area (Å²) in [5.74, 6) is -1.05. The van der Waals surface area contributed by atoms with Gasteiger partial charge in [0.1, 0.15) is 18.0 Å². The monoisotopic (exact) mass is 740 g/mol. The zero-order valence-corrected chi connectivity index (χ0v) is 31.2. The third-order valence-corrected chi connectivity index (χ3v) is 8.55. The molecule has 2 aromatic rings. The minimum Gasteiger partial charge on any atom is -1.00 e. The number of esters is 1. The molecule has 3 atom stereocenters. The van der Waals surface area contributed by atoms with Crippen molar-refractivity contribution in [1.29, 1.82) is 0 Å². The Morgan fingerprint density at radius 2 is 1.66 bits per heavy atom. The average molecular weight is 742 g/mol. The largest absolute Gasteiger partial charge is 1.00 e.